The predicted molar refractivity (Wildman–Crippen MR) is 99.4 cm³/mol. The van der Waals surface area contributed by atoms with Crippen LogP contribution in [0.5, 0.6) is 5.75 Å². The summed E-state index contributed by atoms with van der Waals surface area (Å²) < 4.78 is 5.23. The number of aliphatic hydroxyl groups is 1. The third kappa shape index (κ3) is 3.93. The Morgan fingerprint density at radius 3 is 2.68 bits per heavy atom. The van der Waals surface area contributed by atoms with Crippen LogP contribution in [-0.2, 0) is 0 Å². The van der Waals surface area contributed by atoms with Crippen LogP contribution >= 0.6 is 11.6 Å². The molecule has 1 aromatic carbocycles. The predicted octanol–water partition coefficient (Wildman–Crippen LogP) is 3.84. The van der Waals surface area contributed by atoms with Gasteiger partial charge in [-0.3, -0.25) is 4.79 Å². The number of carbonyl (C=O) groups excluding carboxylic acids is 1. The van der Waals surface area contributed by atoms with Gasteiger partial charge in [0.15, 0.2) is 0 Å². The molecule has 1 aromatic heterocycles. The second kappa shape index (κ2) is 6.89. The van der Waals surface area contributed by atoms with E-state index in [1.54, 1.807) is 19.2 Å². The third-order valence-electron chi connectivity index (χ3n) is 4.84. The average Bonchev–Trinajstić information content (AvgIpc) is 2.99. The van der Waals surface area contributed by atoms with Crippen molar-refractivity contribution in [1.82, 2.24) is 9.88 Å². The van der Waals surface area contributed by atoms with E-state index < -0.39 is 5.60 Å². The second-order valence-corrected chi connectivity index (χ2v) is 7.86. The highest BCUT2D eigenvalue weighted by molar-refractivity contribution is 6.37. The first-order valence-electron chi connectivity index (χ1n) is 8.65. The number of aromatic amines is 1. The molecule has 1 amide bonds. The Bertz CT molecular complexity index is 771. The van der Waals surface area contributed by atoms with Gasteiger partial charge in [0, 0.05) is 24.0 Å². The van der Waals surface area contributed by atoms with Crippen LogP contribution in [0.25, 0.3) is 10.9 Å². The van der Waals surface area contributed by atoms with Gasteiger partial charge in [0.2, 0.25) is 0 Å². The number of aromatic nitrogens is 1. The number of methoxy groups -OCH3 is 1. The van der Waals surface area contributed by atoms with Crippen LogP contribution in [0.3, 0.4) is 0 Å². The number of benzene rings is 1. The minimum Gasteiger partial charge on any atom is -0.495 e. The molecule has 1 fully saturated rings. The lowest BCUT2D eigenvalue weighted by Gasteiger charge is -2.34. The lowest BCUT2D eigenvalue weighted by Crippen LogP contribution is -2.40. The molecule has 6 heteroatoms. The number of amides is 1. The standard InChI is InChI=1S/C19H25ClN2O3/c1-19(2,24)11-12-6-8-22(9-7-12)18(23)15-10-13-14(21-15)4-5-16(25-3)17(13)20/h4-5,10,12,21,24H,6-9,11H2,1-3H3. The zero-order chi connectivity index (χ0) is 18.2. The molecule has 1 saturated heterocycles. The molecule has 136 valence electrons. The zero-order valence-electron chi connectivity index (χ0n) is 14.9. The van der Waals surface area contributed by atoms with E-state index in [4.69, 9.17) is 16.3 Å². The number of fused-ring (bicyclic) bond motifs is 1. The van der Waals surface area contributed by atoms with Crippen LogP contribution in [0, 0.1) is 5.92 Å². The largest absolute Gasteiger partial charge is 0.495 e. The maximum atomic E-state index is 12.8. The fraction of sp³-hybridized carbons (Fsp3) is 0.526. The Hall–Kier alpha value is -1.72. The summed E-state index contributed by atoms with van der Waals surface area (Å²) >= 11 is 6.33. The molecule has 0 bridgehead atoms. The van der Waals surface area contributed by atoms with Gasteiger partial charge in [0.25, 0.3) is 5.91 Å². The average molecular weight is 365 g/mol. The van der Waals surface area contributed by atoms with Crippen LogP contribution in [0.15, 0.2) is 18.2 Å². The summed E-state index contributed by atoms with van der Waals surface area (Å²) in [6.07, 6.45) is 2.62. The zero-order valence-corrected chi connectivity index (χ0v) is 15.7. The quantitative estimate of drug-likeness (QED) is 0.866. The summed E-state index contributed by atoms with van der Waals surface area (Å²) in [5, 5.41) is 11.3. The molecular weight excluding hydrogens is 340 g/mol. The molecule has 2 N–H and O–H groups in total. The summed E-state index contributed by atoms with van der Waals surface area (Å²) in [4.78, 5) is 17.8. The van der Waals surface area contributed by atoms with Gasteiger partial charge < -0.3 is 19.7 Å². The van der Waals surface area contributed by atoms with E-state index in [1.807, 2.05) is 24.8 Å². The molecule has 2 aromatic rings. The number of ether oxygens (including phenoxy) is 1. The molecule has 0 aliphatic carbocycles. The van der Waals surface area contributed by atoms with Gasteiger partial charge in [-0.15, -0.1) is 0 Å². The van der Waals surface area contributed by atoms with Gasteiger partial charge in [0.05, 0.1) is 17.7 Å². The molecule has 2 heterocycles. The Balaban J connectivity index is 1.72. The second-order valence-electron chi connectivity index (χ2n) is 7.48. The molecular formula is C19H25ClN2O3. The highest BCUT2D eigenvalue weighted by Crippen LogP contribution is 2.33. The maximum absolute atomic E-state index is 12.8. The first-order chi connectivity index (χ1) is 11.8. The molecule has 5 nitrogen and oxygen atoms in total. The van der Waals surface area contributed by atoms with Crippen molar-refractivity contribution in [2.75, 3.05) is 20.2 Å². The van der Waals surface area contributed by atoms with Crippen LogP contribution in [0.2, 0.25) is 5.02 Å². The summed E-state index contributed by atoms with van der Waals surface area (Å²) in [5.74, 6) is 1.05. The smallest absolute Gasteiger partial charge is 0.270 e. The van der Waals surface area contributed by atoms with Crippen LogP contribution in [0.4, 0.5) is 0 Å². The normalized spacial score (nSPS) is 16.4. The van der Waals surface area contributed by atoms with E-state index in [1.165, 1.54) is 0 Å². The lowest BCUT2D eigenvalue weighted by molar-refractivity contribution is 0.0357. The van der Waals surface area contributed by atoms with Crippen molar-refractivity contribution >= 4 is 28.4 Å². The van der Waals surface area contributed by atoms with Crippen molar-refractivity contribution in [3.8, 4) is 5.75 Å². The number of halogens is 1. The number of hydrogen-bond acceptors (Lipinski definition) is 3. The van der Waals surface area contributed by atoms with E-state index >= 15 is 0 Å². The number of rotatable bonds is 4. The number of nitrogens with one attached hydrogen (secondary N) is 1. The Kier molecular flexibility index (Phi) is 4.98. The van der Waals surface area contributed by atoms with Gasteiger partial charge >= 0.3 is 0 Å². The van der Waals surface area contributed by atoms with Gasteiger partial charge in [-0.05, 0) is 57.2 Å². The van der Waals surface area contributed by atoms with E-state index in [2.05, 4.69) is 4.98 Å². The first-order valence-corrected chi connectivity index (χ1v) is 9.03. The summed E-state index contributed by atoms with van der Waals surface area (Å²) in [6, 6.07) is 5.45. The van der Waals surface area contributed by atoms with Crippen LogP contribution in [-0.4, -0.2) is 46.7 Å². The van der Waals surface area contributed by atoms with E-state index in [0.29, 0.717) is 35.5 Å². The van der Waals surface area contributed by atoms with E-state index in [0.717, 1.165) is 30.2 Å². The maximum Gasteiger partial charge on any atom is 0.270 e. The van der Waals surface area contributed by atoms with E-state index in [9.17, 15) is 9.90 Å². The fourth-order valence-electron chi connectivity index (χ4n) is 3.64. The fourth-order valence-corrected chi connectivity index (χ4v) is 3.93. The SMILES string of the molecule is COc1ccc2[nH]c(C(=O)N3CCC(CC(C)(C)O)CC3)cc2c1Cl. The monoisotopic (exact) mass is 364 g/mol. The molecule has 0 spiro atoms. The molecule has 0 radical (unpaired) electrons. The van der Waals surface area contributed by atoms with Crippen molar-refractivity contribution in [3.63, 3.8) is 0 Å². The molecule has 0 atom stereocenters. The Labute approximate surface area is 152 Å². The number of piperidine rings is 1. The molecule has 0 unspecified atom stereocenters. The molecule has 1 aliphatic rings. The lowest BCUT2D eigenvalue weighted by atomic mass is 9.86. The number of carbonyl (C=O) groups is 1. The highest BCUT2D eigenvalue weighted by Gasteiger charge is 2.28. The van der Waals surface area contributed by atoms with Crippen LogP contribution < -0.4 is 4.74 Å². The minimum absolute atomic E-state index is 0.00654. The minimum atomic E-state index is -0.649. The van der Waals surface area contributed by atoms with Gasteiger partial charge in [-0.1, -0.05) is 11.6 Å². The number of likely N-dealkylation sites (tertiary alicyclic amines) is 1. The Morgan fingerprint density at radius 2 is 2.08 bits per heavy atom. The van der Waals surface area contributed by atoms with Gasteiger partial charge in [-0.25, -0.2) is 0 Å². The van der Waals surface area contributed by atoms with Crippen molar-refractivity contribution in [3.05, 3.63) is 28.9 Å². The molecule has 1 aliphatic heterocycles. The van der Waals surface area contributed by atoms with Gasteiger partial charge in [-0.2, -0.15) is 0 Å². The third-order valence-corrected chi connectivity index (χ3v) is 5.23. The van der Waals surface area contributed by atoms with Gasteiger partial charge in [0.1, 0.15) is 11.4 Å². The number of hydrogen-bond donors (Lipinski definition) is 2. The topological polar surface area (TPSA) is 65.6 Å². The van der Waals surface area contributed by atoms with Crippen molar-refractivity contribution in [1.29, 1.82) is 0 Å². The molecule has 0 saturated carbocycles. The van der Waals surface area contributed by atoms with Crippen LogP contribution in [0.1, 0.15) is 43.6 Å². The van der Waals surface area contributed by atoms with Crippen molar-refractivity contribution < 1.29 is 14.6 Å². The summed E-state index contributed by atoms with van der Waals surface area (Å²) in [7, 11) is 1.57. The van der Waals surface area contributed by atoms with Crippen molar-refractivity contribution in [2.24, 2.45) is 5.92 Å². The molecule has 3 rings (SSSR count). The summed E-state index contributed by atoms with van der Waals surface area (Å²) in [5.41, 5.74) is 0.723. The first kappa shape index (κ1) is 18.1. The molecule has 25 heavy (non-hydrogen) atoms. The van der Waals surface area contributed by atoms with Crippen molar-refractivity contribution in [2.45, 2.75) is 38.7 Å². The summed E-state index contributed by atoms with van der Waals surface area (Å²) in [6.45, 7) is 5.11. The number of H-pyrrole nitrogens is 1. The highest BCUT2D eigenvalue weighted by atomic mass is 35.5. The number of nitrogens with zero attached hydrogens (tertiary/aromatic N) is 1. The van der Waals surface area contributed by atoms with E-state index in [-0.39, 0.29) is 5.91 Å². The Morgan fingerprint density at radius 1 is 1.40 bits per heavy atom.